The number of halogens is 1. The second-order valence-electron chi connectivity index (χ2n) is 9.09. The number of esters is 1. The highest BCUT2D eigenvalue weighted by Crippen LogP contribution is 2.40. The van der Waals surface area contributed by atoms with Crippen LogP contribution in [0.2, 0.25) is 0 Å². The summed E-state index contributed by atoms with van der Waals surface area (Å²) in [4.78, 5) is 32.9. The molecule has 4 aromatic rings. The summed E-state index contributed by atoms with van der Waals surface area (Å²) in [5.41, 5.74) is 1.96. The standard InChI is InChI=1S/C30H23BrN2O7S/c1-3-38-29(36)24-25(16-7-5-4-6-8-16)32-30-33(26(24)17-9-10-20-21(12-17)40-15-39-20)28(35)23(41-30)13-18-11-19(31)14-22(37-2)27(18)34/h4-14,26,34H,3,15H2,1-2H3/t26-/m0/s1. The predicted octanol–water partition coefficient (Wildman–Crippen LogP) is 4.14. The summed E-state index contributed by atoms with van der Waals surface area (Å²) in [7, 11) is 1.45. The van der Waals surface area contributed by atoms with Crippen LogP contribution in [0.3, 0.4) is 0 Å². The van der Waals surface area contributed by atoms with E-state index in [1.54, 1.807) is 43.3 Å². The minimum absolute atomic E-state index is 0.0803. The molecule has 1 atom stereocenters. The monoisotopic (exact) mass is 634 g/mol. The Bertz CT molecular complexity index is 1900. The van der Waals surface area contributed by atoms with Crippen LogP contribution < -0.4 is 29.1 Å². The van der Waals surface area contributed by atoms with Crippen LogP contribution in [0.15, 0.2) is 80.5 Å². The molecule has 3 heterocycles. The molecule has 6 rings (SSSR count). The zero-order valence-corrected chi connectivity index (χ0v) is 24.3. The molecule has 0 saturated carbocycles. The Hall–Kier alpha value is -4.35. The van der Waals surface area contributed by atoms with Gasteiger partial charge < -0.3 is 24.1 Å². The number of ether oxygens (including phenoxy) is 4. The Morgan fingerprint density at radius 2 is 1.95 bits per heavy atom. The molecule has 0 radical (unpaired) electrons. The molecule has 208 valence electrons. The van der Waals surface area contributed by atoms with Crippen molar-refractivity contribution < 1.29 is 28.8 Å². The number of phenols is 1. The van der Waals surface area contributed by atoms with Crippen LogP contribution in [0.5, 0.6) is 23.0 Å². The number of nitrogens with zero attached hydrogens (tertiary/aromatic N) is 2. The van der Waals surface area contributed by atoms with Crippen LogP contribution in [0, 0.1) is 0 Å². The average Bonchev–Trinajstić information content (AvgIpc) is 3.58. The maximum Gasteiger partial charge on any atom is 0.338 e. The maximum atomic E-state index is 14.1. The molecule has 1 N–H and O–H groups in total. The lowest BCUT2D eigenvalue weighted by molar-refractivity contribution is -0.138. The summed E-state index contributed by atoms with van der Waals surface area (Å²) in [5.74, 6) is 0.655. The van der Waals surface area contributed by atoms with E-state index in [0.717, 1.165) is 11.3 Å². The lowest BCUT2D eigenvalue weighted by atomic mass is 9.93. The number of thiazole rings is 1. The topological polar surface area (TPSA) is 109 Å². The first kappa shape index (κ1) is 26.9. The third-order valence-corrected chi connectivity index (χ3v) is 8.10. The summed E-state index contributed by atoms with van der Waals surface area (Å²) >= 11 is 4.58. The molecule has 9 nitrogen and oxygen atoms in total. The zero-order chi connectivity index (χ0) is 28.7. The number of carbonyl (C=O) groups is 1. The van der Waals surface area contributed by atoms with Crippen molar-refractivity contribution in [3.63, 3.8) is 0 Å². The number of carbonyl (C=O) groups excluding carboxylic acids is 1. The van der Waals surface area contributed by atoms with E-state index in [4.69, 9.17) is 23.9 Å². The molecule has 3 aromatic carbocycles. The van der Waals surface area contributed by atoms with Crippen molar-refractivity contribution in [3.8, 4) is 23.0 Å². The summed E-state index contributed by atoms with van der Waals surface area (Å²) in [6, 6.07) is 17.1. The van der Waals surface area contributed by atoms with Gasteiger partial charge in [0.1, 0.15) is 0 Å². The van der Waals surface area contributed by atoms with E-state index < -0.39 is 12.0 Å². The van der Waals surface area contributed by atoms with Crippen LogP contribution in [-0.4, -0.2) is 36.2 Å². The third kappa shape index (κ3) is 4.81. The van der Waals surface area contributed by atoms with Gasteiger partial charge in [-0.2, -0.15) is 0 Å². The highest BCUT2D eigenvalue weighted by Gasteiger charge is 2.36. The van der Waals surface area contributed by atoms with E-state index in [2.05, 4.69) is 15.9 Å². The van der Waals surface area contributed by atoms with Gasteiger partial charge in [0.2, 0.25) is 6.79 Å². The van der Waals surface area contributed by atoms with Gasteiger partial charge in [0.25, 0.3) is 5.56 Å². The van der Waals surface area contributed by atoms with E-state index in [1.165, 1.54) is 11.7 Å². The van der Waals surface area contributed by atoms with Crippen molar-refractivity contribution >= 4 is 45.0 Å². The second-order valence-corrected chi connectivity index (χ2v) is 11.0. The smallest absolute Gasteiger partial charge is 0.338 e. The molecule has 1 aromatic heterocycles. The van der Waals surface area contributed by atoms with E-state index in [-0.39, 0.29) is 36.0 Å². The largest absolute Gasteiger partial charge is 0.504 e. The molecular formula is C30H23BrN2O7S. The number of hydrogen-bond donors (Lipinski definition) is 1. The Labute approximate surface area is 246 Å². The van der Waals surface area contributed by atoms with Crippen LogP contribution in [-0.2, 0) is 9.53 Å². The molecule has 0 saturated heterocycles. The van der Waals surface area contributed by atoms with Gasteiger partial charge in [-0.1, -0.05) is 63.7 Å². The molecule has 0 spiro atoms. The van der Waals surface area contributed by atoms with Gasteiger partial charge in [0.05, 0.1) is 35.6 Å². The lowest BCUT2D eigenvalue weighted by Gasteiger charge is -2.26. The summed E-state index contributed by atoms with van der Waals surface area (Å²) in [6.07, 6.45) is 1.58. The van der Waals surface area contributed by atoms with Gasteiger partial charge in [0.15, 0.2) is 27.8 Å². The predicted molar refractivity (Wildman–Crippen MR) is 156 cm³/mol. The van der Waals surface area contributed by atoms with Gasteiger partial charge in [-0.05, 0) is 42.8 Å². The fraction of sp³-hybridized carbons (Fsp3) is 0.167. The van der Waals surface area contributed by atoms with Crippen LogP contribution in [0.4, 0.5) is 0 Å². The third-order valence-electron chi connectivity index (χ3n) is 6.66. The Morgan fingerprint density at radius 1 is 1.17 bits per heavy atom. The lowest BCUT2D eigenvalue weighted by Crippen LogP contribution is -2.40. The minimum Gasteiger partial charge on any atom is -0.504 e. The minimum atomic E-state index is -0.872. The molecule has 11 heteroatoms. The normalized spacial score (nSPS) is 15.9. The Balaban J connectivity index is 1.65. The van der Waals surface area contributed by atoms with Gasteiger partial charge in [-0.25, -0.2) is 9.79 Å². The SMILES string of the molecule is CCOC(=O)C1=C(c2ccccc2)N=c2sc(=Cc3cc(Br)cc(OC)c3O)c(=O)n2[C@H]1c1ccc2c(c1)OCO2. The van der Waals surface area contributed by atoms with Crippen molar-refractivity contribution in [2.24, 2.45) is 4.99 Å². The molecule has 0 fully saturated rings. The highest BCUT2D eigenvalue weighted by atomic mass is 79.9. The first-order chi connectivity index (χ1) is 19.9. The van der Waals surface area contributed by atoms with Crippen molar-refractivity contribution in [1.29, 1.82) is 0 Å². The maximum absolute atomic E-state index is 14.1. The highest BCUT2D eigenvalue weighted by molar-refractivity contribution is 9.10. The Kier molecular flexibility index (Phi) is 7.14. The Morgan fingerprint density at radius 3 is 2.71 bits per heavy atom. The van der Waals surface area contributed by atoms with Crippen LogP contribution in [0.1, 0.15) is 29.7 Å². The van der Waals surface area contributed by atoms with E-state index in [0.29, 0.717) is 47.7 Å². The molecule has 0 aliphatic carbocycles. The van der Waals surface area contributed by atoms with Crippen molar-refractivity contribution in [2.45, 2.75) is 13.0 Å². The van der Waals surface area contributed by atoms with Gasteiger partial charge >= 0.3 is 5.97 Å². The fourth-order valence-electron chi connectivity index (χ4n) is 4.84. The van der Waals surface area contributed by atoms with Crippen molar-refractivity contribution in [2.75, 3.05) is 20.5 Å². The second kappa shape index (κ2) is 10.9. The fourth-order valence-corrected chi connectivity index (χ4v) is 6.29. The summed E-state index contributed by atoms with van der Waals surface area (Å²) in [5, 5.41) is 10.8. The average molecular weight is 635 g/mol. The quantitative estimate of drug-likeness (QED) is 0.318. The number of aromatic hydroxyl groups is 1. The number of benzene rings is 3. The number of methoxy groups -OCH3 is 1. The van der Waals surface area contributed by atoms with Crippen LogP contribution >= 0.6 is 27.3 Å². The first-order valence-electron chi connectivity index (χ1n) is 12.6. The molecule has 41 heavy (non-hydrogen) atoms. The summed E-state index contributed by atoms with van der Waals surface area (Å²) < 4.78 is 24.4. The number of phenolic OH excluding ortho intramolecular Hbond substituents is 1. The van der Waals surface area contributed by atoms with Crippen LogP contribution in [0.25, 0.3) is 11.8 Å². The number of hydrogen-bond acceptors (Lipinski definition) is 9. The molecule has 2 aliphatic rings. The summed E-state index contributed by atoms with van der Waals surface area (Å²) in [6.45, 7) is 1.95. The van der Waals surface area contributed by atoms with Crippen molar-refractivity contribution in [3.05, 3.63) is 107 Å². The number of rotatable bonds is 6. The van der Waals surface area contributed by atoms with Gasteiger partial charge in [-0.15, -0.1) is 0 Å². The van der Waals surface area contributed by atoms with Gasteiger partial charge in [-0.3, -0.25) is 9.36 Å². The number of aromatic nitrogens is 1. The molecular weight excluding hydrogens is 612 g/mol. The zero-order valence-electron chi connectivity index (χ0n) is 21.9. The molecule has 0 unspecified atom stereocenters. The number of fused-ring (bicyclic) bond motifs is 2. The van der Waals surface area contributed by atoms with E-state index >= 15 is 0 Å². The van der Waals surface area contributed by atoms with Gasteiger partial charge in [0, 0.05) is 15.6 Å². The molecule has 2 aliphatic heterocycles. The first-order valence-corrected chi connectivity index (χ1v) is 14.2. The molecule has 0 amide bonds. The van der Waals surface area contributed by atoms with E-state index in [1.807, 2.05) is 30.3 Å². The molecule has 0 bridgehead atoms. The van der Waals surface area contributed by atoms with Crippen molar-refractivity contribution in [1.82, 2.24) is 4.57 Å². The van der Waals surface area contributed by atoms with E-state index in [9.17, 15) is 14.7 Å².